The van der Waals surface area contributed by atoms with Crippen molar-refractivity contribution in [1.82, 2.24) is 15.1 Å². The van der Waals surface area contributed by atoms with E-state index in [0.717, 1.165) is 25.3 Å². The minimum Gasteiger partial charge on any atom is -0.374 e. The third kappa shape index (κ3) is 4.13. The molecule has 1 N–H and O–H groups in total. The molecule has 0 saturated heterocycles. The number of rotatable bonds is 7. The normalized spacial score (nSPS) is 13.9. The van der Waals surface area contributed by atoms with E-state index >= 15 is 0 Å². The highest BCUT2D eigenvalue weighted by atomic mass is 16.5. The first kappa shape index (κ1) is 14.2. The molecule has 0 aromatic carbocycles. The van der Waals surface area contributed by atoms with Gasteiger partial charge in [-0.3, -0.25) is 4.68 Å². The molecular formula is C13H25N3O. The summed E-state index contributed by atoms with van der Waals surface area (Å²) in [6.07, 6.45) is 2.87. The molecule has 0 saturated carbocycles. The molecule has 0 fully saturated rings. The second-order valence-electron chi connectivity index (χ2n) is 4.83. The van der Waals surface area contributed by atoms with Gasteiger partial charge in [0.05, 0.1) is 11.3 Å². The van der Waals surface area contributed by atoms with Crippen LogP contribution >= 0.6 is 0 Å². The van der Waals surface area contributed by atoms with E-state index in [1.807, 2.05) is 24.9 Å². The summed E-state index contributed by atoms with van der Waals surface area (Å²) in [5, 5.41) is 7.92. The number of ether oxygens (including phenoxy) is 1. The molecule has 98 valence electrons. The van der Waals surface area contributed by atoms with Crippen LogP contribution in [-0.2, 0) is 18.2 Å². The van der Waals surface area contributed by atoms with Crippen LogP contribution in [0.1, 0.15) is 33.4 Å². The van der Waals surface area contributed by atoms with Crippen LogP contribution in [0.3, 0.4) is 0 Å². The van der Waals surface area contributed by atoms with Gasteiger partial charge in [-0.25, -0.2) is 0 Å². The molecule has 1 aromatic rings. The van der Waals surface area contributed by atoms with Gasteiger partial charge in [-0.15, -0.1) is 0 Å². The fourth-order valence-electron chi connectivity index (χ4n) is 2.06. The molecule has 0 aliphatic rings. The van der Waals surface area contributed by atoms with Crippen LogP contribution in [0.25, 0.3) is 0 Å². The minimum atomic E-state index is -0.178. The van der Waals surface area contributed by atoms with E-state index in [4.69, 9.17) is 4.74 Å². The standard InChI is InChI=1S/C13H25N3O/c1-6-14-12(13(3,4)17-7-2)10-11-8-9-16(5)15-11/h8-9,12,14H,6-7,10H2,1-5H3. The van der Waals surface area contributed by atoms with Crippen LogP contribution in [0.15, 0.2) is 12.3 Å². The van der Waals surface area contributed by atoms with Crippen molar-refractivity contribution in [3.63, 3.8) is 0 Å². The summed E-state index contributed by atoms with van der Waals surface area (Å²) in [6.45, 7) is 10.1. The Morgan fingerprint density at radius 3 is 2.65 bits per heavy atom. The van der Waals surface area contributed by atoms with Gasteiger partial charge in [-0.05, 0) is 33.4 Å². The molecule has 4 nitrogen and oxygen atoms in total. The van der Waals surface area contributed by atoms with E-state index < -0.39 is 0 Å². The Bertz CT molecular complexity index is 333. The highest BCUT2D eigenvalue weighted by Crippen LogP contribution is 2.18. The van der Waals surface area contributed by atoms with Gasteiger partial charge in [0, 0.05) is 32.3 Å². The van der Waals surface area contributed by atoms with Crippen LogP contribution in [0.2, 0.25) is 0 Å². The molecule has 0 bridgehead atoms. The van der Waals surface area contributed by atoms with E-state index in [1.165, 1.54) is 0 Å². The zero-order valence-electron chi connectivity index (χ0n) is 11.7. The highest BCUT2D eigenvalue weighted by Gasteiger charge is 2.29. The van der Waals surface area contributed by atoms with E-state index in [0.29, 0.717) is 0 Å². The van der Waals surface area contributed by atoms with E-state index in [9.17, 15) is 0 Å². The lowest BCUT2D eigenvalue weighted by Crippen LogP contribution is -2.50. The van der Waals surface area contributed by atoms with Crippen molar-refractivity contribution in [3.05, 3.63) is 18.0 Å². The number of likely N-dealkylation sites (N-methyl/N-ethyl adjacent to an activating group) is 1. The third-order valence-electron chi connectivity index (χ3n) is 2.99. The molecule has 1 heterocycles. The smallest absolute Gasteiger partial charge is 0.0782 e. The summed E-state index contributed by atoms with van der Waals surface area (Å²) in [4.78, 5) is 0. The Kier molecular flexibility index (Phi) is 5.15. The third-order valence-corrected chi connectivity index (χ3v) is 2.99. The maximum atomic E-state index is 5.83. The van der Waals surface area contributed by atoms with Gasteiger partial charge in [0.2, 0.25) is 0 Å². The Labute approximate surface area is 104 Å². The van der Waals surface area contributed by atoms with Crippen molar-refractivity contribution < 1.29 is 4.74 Å². The average molecular weight is 239 g/mol. The van der Waals surface area contributed by atoms with Crippen molar-refractivity contribution in [3.8, 4) is 0 Å². The molecule has 17 heavy (non-hydrogen) atoms. The number of nitrogens with zero attached hydrogens (tertiary/aromatic N) is 2. The largest absolute Gasteiger partial charge is 0.374 e. The molecule has 1 unspecified atom stereocenters. The first-order chi connectivity index (χ1) is 7.99. The molecule has 0 spiro atoms. The summed E-state index contributed by atoms with van der Waals surface area (Å²) >= 11 is 0. The highest BCUT2D eigenvalue weighted by molar-refractivity contribution is 5.04. The predicted molar refractivity (Wildman–Crippen MR) is 70.1 cm³/mol. The molecule has 0 radical (unpaired) electrons. The number of hydrogen-bond donors (Lipinski definition) is 1. The lowest BCUT2D eigenvalue weighted by molar-refractivity contribution is -0.0379. The molecule has 0 aliphatic carbocycles. The summed E-state index contributed by atoms with van der Waals surface area (Å²) in [5.74, 6) is 0. The zero-order valence-corrected chi connectivity index (χ0v) is 11.7. The van der Waals surface area contributed by atoms with Gasteiger partial charge in [-0.1, -0.05) is 6.92 Å². The number of hydrogen-bond acceptors (Lipinski definition) is 3. The van der Waals surface area contributed by atoms with Crippen molar-refractivity contribution in [2.75, 3.05) is 13.2 Å². The Hall–Kier alpha value is -0.870. The quantitative estimate of drug-likeness (QED) is 0.788. The van der Waals surface area contributed by atoms with Crippen LogP contribution in [0, 0.1) is 0 Å². The monoisotopic (exact) mass is 239 g/mol. The molecule has 4 heteroatoms. The first-order valence-corrected chi connectivity index (χ1v) is 6.35. The van der Waals surface area contributed by atoms with Crippen LogP contribution in [0.4, 0.5) is 0 Å². The summed E-state index contributed by atoms with van der Waals surface area (Å²) < 4.78 is 7.67. The summed E-state index contributed by atoms with van der Waals surface area (Å²) in [5.41, 5.74) is 0.925. The molecule has 0 amide bonds. The minimum absolute atomic E-state index is 0.178. The van der Waals surface area contributed by atoms with Gasteiger partial charge >= 0.3 is 0 Å². The SMILES string of the molecule is CCNC(Cc1ccn(C)n1)C(C)(C)OCC. The van der Waals surface area contributed by atoms with Crippen molar-refractivity contribution >= 4 is 0 Å². The van der Waals surface area contributed by atoms with Crippen LogP contribution < -0.4 is 5.32 Å². The lowest BCUT2D eigenvalue weighted by Gasteiger charge is -2.34. The van der Waals surface area contributed by atoms with E-state index in [-0.39, 0.29) is 11.6 Å². The Morgan fingerprint density at radius 1 is 1.47 bits per heavy atom. The van der Waals surface area contributed by atoms with Gasteiger partial charge in [0.15, 0.2) is 0 Å². The second kappa shape index (κ2) is 6.17. The second-order valence-corrected chi connectivity index (χ2v) is 4.83. The Morgan fingerprint density at radius 2 is 2.18 bits per heavy atom. The fourth-order valence-corrected chi connectivity index (χ4v) is 2.06. The first-order valence-electron chi connectivity index (χ1n) is 6.35. The van der Waals surface area contributed by atoms with Gasteiger partial charge in [-0.2, -0.15) is 5.10 Å². The summed E-state index contributed by atoms with van der Waals surface area (Å²) in [7, 11) is 1.94. The zero-order chi connectivity index (χ0) is 12.9. The van der Waals surface area contributed by atoms with E-state index in [1.54, 1.807) is 0 Å². The maximum absolute atomic E-state index is 5.83. The molecule has 0 aliphatic heterocycles. The topological polar surface area (TPSA) is 39.1 Å². The van der Waals surface area contributed by atoms with Crippen molar-refractivity contribution in [2.45, 2.75) is 45.8 Å². The summed E-state index contributed by atoms with van der Waals surface area (Å²) in [6, 6.07) is 2.34. The average Bonchev–Trinajstić information content (AvgIpc) is 2.63. The van der Waals surface area contributed by atoms with Crippen molar-refractivity contribution in [1.29, 1.82) is 0 Å². The fraction of sp³-hybridized carbons (Fsp3) is 0.769. The maximum Gasteiger partial charge on any atom is 0.0782 e. The number of aryl methyl sites for hydroxylation is 1. The van der Waals surface area contributed by atoms with Crippen LogP contribution in [0.5, 0.6) is 0 Å². The Balaban J connectivity index is 2.71. The van der Waals surface area contributed by atoms with Gasteiger partial charge in [0.25, 0.3) is 0 Å². The molecule has 1 rings (SSSR count). The number of aromatic nitrogens is 2. The molecular weight excluding hydrogens is 214 g/mol. The van der Waals surface area contributed by atoms with Crippen molar-refractivity contribution in [2.24, 2.45) is 7.05 Å². The predicted octanol–water partition coefficient (Wildman–Crippen LogP) is 1.76. The van der Waals surface area contributed by atoms with Crippen LogP contribution in [-0.4, -0.2) is 34.6 Å². The van der Waals surface area contributed by atoms with Gasteiger partial charge in [0.1, 0.15) is 0 Å². The molecule has 1 aromatic heterocycles. The molecule has 1 atom stereocenters. The van der Waals surface area contributed by atoms with Gasteiger partial charge < -0.3 is 10.1 Å². The number of nitrogens with one attached hydrogen (secondary N) is 1. The van der Waals surface area contributed by atoms with E-state index in [2.05, 4.69) is 37.3 Å². The lowest BCUT2D eigenvalue weighted by atomic mass is 9.94.